The van der Waals surface area contributed by atoms with Gasteiger partial charge in [-0.15, -0.1) is 22.7 Å². The molecule has 0 spiro atoms. The van der Waals surface area contributed by atoms with Gasteiger partial charge in [0.1, 0.15) is 0 Å². The summed E-state index contributed by atoms with van der Waals surface area (Å²) in [6, 6.07) is 15.7. The van der Waals surface area contributed by atoms with Gasteiger partial charge in [0.25, 0.3) is 5.91 Å². The van der Waals surface area contributed by atoms with Crippen LogP contribution in [0.3, 0.4) is 0 Å². The number of aryl methyl sites for hydroxylation is 1. The lowest BCUT2D eigenvalue weighted by molar-refractivity contribution is -0.142. The summed E-state index contributed by atoms with van der Waals surface area (Å²) in [5.74, 6) is -0.798. The molecular formula is C22H21NO3S2. The van der Waals surface area contributed by atoms with Gasteiger partial charge >= 0.3 is 5.97 Å². The van der Waals surface area contributed by atoms with Gasteiger partial charge in [0.05, 0.1) is 5.57 Å². The van der Waals surface area contributed by atoms with Gasteiger partial charge in [-0.05, 0) is 53.4 Å². The lowest BCUT2D eigenvalue weighted by Gasteiger charge is -2.09. The second kappa shape index (κ2) is 10.0. The van der Waals surface area contributed by atoms with Crippen molar-refractivity contribution in [2.75, 3.05) is 13.2 Å². The molecular weight excluding hydrogens is 390 g/mol. The number of rotatable bonds is 8. The van der Waals surface area contributed by atoms with Crippen LogP contribution in [0.2, 0.25) is 0 Å². The number of amides is 1. The maximum absolute atomic E-state index is 12.6. The van der Waals surface area contributed by atoms with Gasteiger partial charge in [-0.25, -0.2) is 4.79 Å². The molecule has 1 amide bonds. The highest BCUT2D eigenvalue weighted by molar-refractivity contribution is 7.12. The maximum atomic E-state index is 12.6. The Balaban J connectivity index is 1.53. The quantitative estimate of drug-likeness (QED) is 0.437. The topological polar surface area (TPSA) is 55.4 Å². The molecule has 0 fully saturated rings. The van der Waals surface area contributed by atoms with Gasteiger partial charge in [-0.3, -0.25) is 4.79 Å². The minimum Gasteiger partial charge on any atom is -0.452 e. The van der Waals surface area contributed by atoms with Crippen LogP contribution in [-0.4, -0.2) is 25.0 Å². The van der Waals surface area contributed by atoms with Crippen LogP contribution in [0, 0.1) is 6.92 Å². The summed E-state index contributed by atoms with van der Waals surface area (Å²) < 4.78 is 5.26. The van der Waals surface area contributed by atoms with Crippen molar-refractivity contribution in [1.29, 1.82) is 0 Å². The molecule has 0 atom stereocenters. The summed E-state index contributed by atoms with van der Waals surface area (Å²) in [5.41, 5.74) is 2.85. The first-order valence-electron chi connectivity index (χ1n) is 8.91. The van der Waals surface area contributed by atoms with Gasteiger partial charge in [0.15, 0.2) is 6.61 Å². The standard InChI is InChI=1S/C22H21NO3S2/c1-16-6-2-3-7-17(16)10-11-23-21(24)15-26-22(25)19(20-9-5-13-28-20)14-18-8-4-12-27-18/h2-9,12-14H,10-11,15H2,1H3,(H,23,24)/b19-14+. The molecule has 1 N–H and O–H groups in total. The predicted octanol–water partition coefficient (Wildman–Crippen LogP) is 4.56. The van der Waals surface area contributed by atoms with Gasteiger partial charge in [-0.1, -0.05) is 36.4 Å². The van der Waals surface area contributed by atoms with Crippen LogP contribution in [0.25, 0.3) is 11.6 Å². The zero-order valence-electron chi connectivity index (χ0n) is 15.5. The Morgan fingerprint density at radius 3 is 2.54 bits per heavy atom. The molecule has 28 heavy (non-hydrogen) atoms. The molecule has 0 aliphatic carbocycles. The fraction of sp³-hybridized carbons (Fsp3) is 0.182. The van der Waals surface area contributed by atoms with Gasteiger partial charge in [-0.2, -0.15) is 0 Å². The van der Waals surface area contributed by atoms with Crippen LogP contribution in [0.15, 0.2) is 59.3 Å². The zero-order chi connectivity index (χ0) is 19.8. The summed E-state index contributed by atoms with van der Waals surface area (Å²) in [6.07, 6.45) is 2.54. The Kier molecular flexibility index (Phi) is 7.17. The van der Waals surface area contributed by atoms with Gasteiger partial charge in [0.2, 0.25) is 0 Å². The molecule has 0 aliphatic rings. The fourth-order valence-electron chi connectivity index (χ4n) is 2.67. The van der Waals surface area contributed by atoms with Crippen LogP contribution in [0.4, 0.5) is 0 Å². The number of ether oxygens (including phenoxy) is 1. The monoisotopic (exact) mass is 411 g/mol. The third-order valence-corrected chi connectivity index (χ3v) is 5.87. The summed E-state index contributed by atoms with van der Waals surface area (Å²) in [7, 11) is 0. The first-order valence-corrected chi connectivity index (χ1v) is 10.7. The van der Waals surface area contributed by atoms with E-state index >= 15 is 0 Å². The van der Waals surface area contributed by atoms with E-state index in [1.165, 1.54) is 22.5 Å². The highest BCUT2D eigenvalue weighted by atomic mass is 32.1. The average Bonchev–Trinajstić information content (AvgIpc) is 3.39. The normalized spacial score (nSPS) is 11.2. The number of carbonyl (C=O) groups excluding carboxylic acids is 2. The van der Waals surface area contributed by atoms with Crippen LogP contribution in [0.5, 0.6) is 0 Å². The Morgan fingerprint density at radius 2 is 1.82 bits per heavy atom. The second-order valence-corrected chi connectivity index (χ2v) is 8.08. The first-order chi connectivity index (χ1) is 13.6. The first kappa shape index (κ1) is 20.0. The van der Waals surface area contributed by atoms with Crippen molar-refractivity contribution in [2.24, 2.45) is 0 Å². The maximum Gasteiger partial charge on any atom is 0.340 e. The Morgan fingerprint density at radius 1 is 1.04 bits per heavy atom. The largest absolute Gasteiger partial charge is 0.452 e. The lowest BCUT2D eigenvalue weighted by Crippen LogP contribution is -2.30. The van der Waals surface area contributed by atoms with Crippen molar-refractivity contribution < 1.29 is 14.3 Å². The molecule has 0 saturated carbocycles. The molecule has 0 aliphatic heterocycles. The third kappa shape index (κ3) is 5.65. The van der Waals surface area contributed by atoms with Crippen LogP contribution >= 0.6 is 22.7 Å². The van der Waals surface area contributed by atoms with E-state index in [9.17, 15) is 9.59 Å². The smallest absolute Gasteiger partial charge is 0.340 e. The fourth-order valence-corrected chi connectivity index (χ4v) is 4.05. The van der Waals surface area contributed by atoms with Crippen molar-refractivity contribution in [3.63, 3.8) is 0 Å². The van der Waals surface area contributed by atoms with Gasteiger partial charge < -0.3 is 10.1 Å². The van der Waals surface area contributed by atoms with E-state index in [1.807, 2.05) is 66.2 Å². The number of hydrogen-bond acceptors (Lipinski definition) is 5. The Labute approximate surface area is 172 Å². The van der Waals surface area contributed by atoms with E-state index < -0.39 is 5.97 Å². The Bertz CT molecular complexity index is 944. The van der Waals surface area contributed by atoms with E-state index in [-0.39, 0.29) is 12.5 Å². The number of thiophene rings is 2. The molecule has 0 saturated heterocycles. The van der Waals surface area contributed by atoms with Crippen LogP contribution in [0.1, 0.15) is 20.9 Å². The molecule has 4 nitrogen and oxygen atoms in total. The number of esters is 1. The molecule has 0 bridgehead atoms. The van der Waals surface area contributed by atoms with E-state index in [2.05, 4.69) is 5.32 Å². The molecule has 0 unspecified atom stereocenters. The van der Waals surface area contributed by atoms with E-state index in [4.69, 9.17) is 4.74 Å². The third-order valence-electron chi connectivity index (χ3n) is 4.15. The molecule has 0 radical (unpaired) electrons. The summed E-state index contributed by atoms with van der Waals surface area (Å²) in [5, 5.41) is 6.66. The molecule has 3 aromatic rings. The average molecular weight is 412 g/mol. The van der Waals surface area contributed by atoms with Crippen molar-refractivity contribution in [3.8, 4) is 0 Å². The molecule has 3 rings (SSSR count). The molecule has 144 valence electrons. The highest BCUT2D eigenvalue weighted by Gasteiger charge is 2.16. The Hall–Kier alpha value is -2.70. The number of hydrogen-bond donors (Lipinski definition) is 1. The van der Waals surface area contributed by atoms with Crippen LogP contribution in [-0.2, 0) is 20.7 Å². The van der Waals surface area contributed by atoms with E-state index in [0.717, 1.165) is 16.2 Å². The minimum absolute atomic E-state index is 0.292. The van der Waals surface area contributed by atoms with E-state index in [0.29, 0.717) is 12.1 Å². The number of nitrogens with one attached hydrogen (secondary N) is 1. The van der Waals surface area contributed by atoms with E-state index in [1.54, 1.807) is 17.4 Å². The summed E-state index contributed by atoms with van der Waals surface area (Å²) >= 11 is 3.00. The molecule has 2 heterocycles. The van der Waals surface area contributed by atoms with Crippen molar-refractivity contribution in [2.45, 2.75) is 13.3 Å². The number of carbonyl (C=O) groups is 2. The minimum atomic E-state index is -0.495. The predicted molar refractivity (Wildman–Crippen MR) is 115 cm³/mol. The van der Waals surface area contributed by atoms with Crippen molar-refractivity contribution in [1.82, 2.24) is 5.32 Å². The summed E-state index contributed by atoms with van der Waals surface area (Å²) in [4.78, 5) is 26.4. The van der Waals surface area contributed by atoms with Crippen molar-refractivity contribution >= 4 is 46.2 Å². The molecule has 1 aromatic carbocycles. The van der Waals surface area contributed by atoms with Crippen molar-refractivity contribution in [3.05, 3.63) is 80.2 Å². The summed E-state index contributed by atoms with van der Waals surface area (Å²) in [6.45, 7) is 2.26. The zero-order valence-corrected chi connectivity index (χ0v) is 17.1. The molecule has 6 heteroatoms. The second-order valence-electron chi connectivity index (χ2n) is 6.15. The van der Waals surface area contributed by atoms with Crippen LogP contribution < -0.4 is 5.32 Å². The van der Waals surface area contributed by atoms with Gasteiger partial charge in [0, 0.05) is 16.3 Å². The number of benzene rings is 1. The molecule has 2 aromatic heterocycles. The lowest BCUT2D eigenvalue weighted by atomic mass is 10.1. The highest BCUT2D eigenvalue weighted by Crippen LogP contribution is 2.25. The SMILES string of the molecule is Cc1ccccc1CCNC(=O)COC(=O)/C(=C/c1cccs1)c1cccs1.